The minimum absolute atomic E-state index is 0.147. The number of rotatable bonds is 11. The van der Waals surface area contributed by atoms with E-state index in [9.17, 15) is 18.0 Å². The predicted octanol–water partition coefficient (Wildman–Crippen LogP) is 3.02. The van der Waals surface area contributed by atoms with Gasteiger partial charge in [-0.15, -0.1) is 0 Å². The minimum Gasteiger partial charge on any atom is -0.497 e. The molecule has 0 bridgehead atoms. The summed E-state index contributed by atoms with van der Waals surface area (Å²) >= 11 is 0. The van der Waals surface area contributed by atoms with Crippen molar-refractivity contribution < 1.29 is 22.7 Å². The number of aryl methyl sites for hydroxylation is 2. The topological polar surface area (TPSA) is 96.0 Å². The van der Waals surface area contributed by atoms with Crippen molar-refractivity contribution in [3.63, 3.8) is 0 Å². The minimum atomic E-state index is -3.75. The van der Waals surface area contributed by atoms with Gasteiger partial charge in [0.2, 0.25) is 21.8 Å². The van der Waals surface area contributed by atoms with E-state index in [4.69, 9.17) is 4.74 Å². The molecule has 8 nitrogen and oxygen atoms in total. The average Bonchev–Trinajstić information content (AvgIpc) is 2.77. The second-order valence-electron chi connectivity index (χ2n) is 8.45. The van der Waals surface area contributed by atoms with Crippen molar-refractivity contribution in [2.45, 2.75) is 46.7 Å². The number of sulfonamides is 1. The lowest BCUT2D eigenvalue weighted by Crippen LogP contribution is -2.51. The first kappa shape index (κ1) is 27.2. The highest BCUT2D eigenvalue weighted by atomic mass is 32.2. The Balaban J connectivity index is 2.39. The van der Waals surface area contributed by atoms with E-state index >= 15 is 0 Å². The summed E-state index contributed by atoms with van der Waals surface area (Å²) in [5, 5.41) is 2.82. The number of methoxy groups -OCH3 is 1. The molecule has 1 N–H and O–H groups in total. The molecule has 1 unspecified atom stereocenters. The first-order valence-electron chi connectivity index (χ1n) is 11.2. The smallest absolute Gasteiger partial charge is 0.244 e. The lowest BCUT2D eigenvalue weighted by atomic mass is 10.1. The van der Waals surface area contributed by atoms with Gasteiger partial charge in [0.25, 0.3) is 0 Å². The van der Waals surface area contributed by atoms with Crippen LogP contribution in [0, 0.1) is 13.8 Å². The van der Waals surface area contributed by atoms with Crippen molar-refractivity contribution in [3.05, 3.63) is 59.2 Å². The average molecular weight is 490 g/mol. The summed E-state index contributed by atoms with van der Waals surface area (Å²) in [5.74, 6) is -0.0889. The highest BCUT2D eigenvalue weighted by molar-refractivity contribution is 7.92. The van der Waals surface area contributed by atoms with Crippen LogP contribution in [0.4, 0.5) is 5.69 Å². The molecule has 0 radical (unpaired) electrons. The van der Waals surface area contributed by atoms with Gasteiger partial charge in [-0.05, 0) is 68.1 Å². The summed E-state index contributed by atoms with van der Waals surface area (Å²) in [4.78, 5) is 27.6. The van der Waals surface area contributed by atoms with Gasteiger partial charge in [0.1, 0.15) is 18.3 Å². The normalized spacial score (nSPS) is 12.1. The van der Waals surface area contributed by atoms with Crippen LogP contribution in [0.3, 0.4) is 0 Å². The Morgan fingerprint density at radius 3 is 2.15 bits per heavy atom. The van der Waals surface area contributed by atoms with E-state index in [-0.39, 0.29) is 12.5 Å². The fraction of sp³-hybridized carbons (Fsp3) is 0.440. The van der Waals surface area contributed by atoms with Gasteiger partial charge in [-0.1, -0.05) is 25.1 Å². The van der Waals surface area contributed by atoms with Crippen molar-refractivity contribution in [3.8, 4) is 5.75 Å². The number of hydrogen-bond donors (Lipinski definition) is 1. The van der Waals surface area contributed by atoms with Gasteiger partial charge in [0.05, 0.1) is 19.1 Å². The van der Waals surface area contributed by atoms with Crippen molar-refractivity contribution in [1.82, 2.24) is 10.2 Å². The Hall–Kier alpha value is -3.07. The largest absolute Gasteiger partial charge is 0.497 e. The fourth-order valence-electron chi connectivity index (χ4n) is 3.61. The third kappa shape index (κ3) is 7.48. The second-order valence-corrected chi connectivity index (χ2v) is 10.4. The quantitative estimate of drug-likeness (QED) is 0.523. The Morgan fingerprint density at radius 2 is 1.65 bits per heavy atom. The monoisotopic (exact) mass is 489 g/mol. The molecule has 34 heavy (non-hydrogen) atoms. The van der Waals surface area contributed by atoms with Crippen molar-refractivity contribution in [2.75, 3.05) is 30.8 Å². The van der Waals surface area contributed by atoms with E-state index in [0.717, 1.165) is 33.7 Å². The van der Waals surface area contributed by atoms with Crippen molar-refractivity contribution in [1.29, 1.82) is 0 Å². The van der Waals surface area contributed by atoms with E-state index in [1.54, 1.807) is 38.3 Å². The Kier molecular flexibility index (Phi) is 9.49. The molecule has 0 spiro atoms. The number of hydrogen-bond acceptors (Lipinski definition) is 5. The zero-order valence-corrected chi connectivity index (χ0v) is 21.6. The van der Waals surface area contributed by atoms with Crippen LogP contribution >= 0.6 is 0 Å². The molecule has 2 rings (SSSR count). The predicted molar refractivity (Wildman–Crippen MR) is 134 cm³/mol. The molecule has 1 atom stereocenters. The molecule has 2 aromatic carbocycles. The molecular weight excluding hydrogens is 454 g/mol. The molecule has 0 fully saturated rings. The van der Waals surface area contributed by atoms with E-state index in [0.29, 0.717) is 18.0 Å². The number of carbonyl (C=O) groups excluding carboxylic acids is 2. The van der Waals surface area contributed by atoms with E-state index in [2.05, 4.69) is 5.32 Å². The van der Waals surface area contributed by atoms with Gasteiger partial charge in [-0.3, -0.25) is 13.9 Å². The van der Waals surface area contributed by atoms with Crippen LogP contribution in [0.15, 0.2) is 42.5 Å². The molecule has 2 amide bonds. The molecule has 0 aliphatic rings. The number of nitrogens with one attached hydrogen (secondary N) is 1. The van der Waals surface area contributed by atoms with Crippen LogP contribution in [0.5, 0.6) is 5.75 Å². The molecule has 0 saturated heterocycles. The van der Waals surface area contributed by atoms with Gasteiger partial charge in [-0.2, -0.15) is 0 Å². The number of carbonyl (C=O) groups is 2. The van der Waals surface area contributed by atoms with Gasteiger partial charge < -0.3 is 15.0 Å². The Bertz CT molecular complexity index is 1080. The van der Waals surface area contributed by atoms with Crippen LogP contribution in [0.25, 0.3) is 0 Å². The number of nitrogens with zero attached hydrogens (tertiary/aromatic N) is 2. The number of amides is 2. The van der Waals surface area contributed by atoms with Gasteiger partial charge in [0, 0.05) is 13.1 Å². The zero-order chi connectivity index (χ0) is 25.5. The maximum atomic E-state index is 13.5. The Morgan fingerprint density at radius 1 is 1.06 bits per heavy atom. The van der Waals surface area contributed by atoms with Gasteiger partial charge in [0.15, 0.2) is 0 Å². The summed E-state index contributed by atoms with van der Waals surface area (Å²) in [6.45, 7) is 7.56. The molecule has 0 aliphatic heterocycles. The zero-order valence-electron chi connectivity index (χ0n) is 20.8. The first-order valence-corrected chi connectivity index (χ1v) is 13.1. The van der Waals surface area contributed by atoms with E-state index in [1.807, 2.05) is 39.0 Å². The highest BCUT2D eigenvalue weighted by Crippen LogP contribution is 2.22. The molecular formula is C25H35N3O5S. The fourth-order valence-corrected chi connectivity index (χ4v) is 4.45. The summed E-state index contributed by atoms with van der Waals surface area (Å²) in [7, 11) is -2.19. The lowest BCUT2D eigenvalue weighted by molar-refractivity contribution is -0.139. The maximum absolute atomic E-state index is 13.5. The molecule has 2 aromatic rings. The molecule has 9 heteroatoms. The third-order valence-corrected chi connectivity index (χ3v) is 6.54. The number of benzene rings is 2. The molecule has 0 aliphatic carbocycles. The third-order valence-electron chi connectivity index (χ3n) is 5.40. The SMILES string of the molecule is CCCNC(=O)C(C)N(Cc1ccc(OC)cc1)C(=O)CN(c1cc(C)cc(C)c1)S(C)(=O)=O. The van der Waals surface area contributed by atoms with E-state index in [1.165, 1.54) is 4.90 Å². The standard InChI is InChI=1S/C25H35N3O5S/c1-7-12-26-25(30)20(4)27(16-21-8-10-23(33-5)11-9-21)24(29)17-28(34(6,31)32)22-14-18(2)13-19(3)15-22/h8-11,13-15,20H,7,12,16-17H2,1-6H3,(H,26,30). The van der Waals surface area contributed by atoms with Crippen LogP contribution in [0.1, 0.15) is 37.0 Å². The summed E-state index contributed by atoms with van der Waals surface area (Å²) in [6.07, 6.45) is 1.84. The Labute approximate surface area is 202 Å². The van der Waals surface area contributed by atoms with Gasteiger partial charge >= 0.3 is 0 Å². The maximum Gasteiger partial charge on any atom is 0.244 e. The molecule has 0 saturated carbocycles. The summed E-state index contributed by atoms with van der Waals surface area (Å²) in [5.41, 5.74) is 2.99. The van der Waals surface area contributed by atoms with Crippen LogP contribution in [-0.2, 0) is 26.2 Å². The molecule has 186 valence electrons. The van der Waals surface area contributed by atoms with Crippen LogP contribution in [-0.4, -0.2) is 57.6 Å². The number of anilines is 1. The first-order chi connectivity index (χ1) is 16.0. The summed E-state index contributed by atoms with van der Waals surface area (Å²) in [6, 6.07) is 11.8. The van der Waals surface area contributed by atoms with Crippen LogP contribution in [0.2, 0.25) is 0 Å². The molecule has 0 heterocycles. The van der Waals surface area contributed by atoms with Crippen LogP contribution < -0.4 is 14.4 Å². The summed E-state index contributed by atoms with van der Waals surface area (Å²) < 4.78 is 31.6. The highest BCUT2D eigenvalue weighted by Gasteiger charge is 2.30. The van der Waals surface area contributed by atoms with Crippen molar-refractivity contribution in [2.24, 2.45) is 0 Å². The van der Waals surface area contributed by atoms with Crippen molar-refractivity contribution >= 4 is 27.5 Å². The molecule has 0 aromatic heterocycles. The second kappa shape index (κ2) is 11.9. The lowest BCUT2D eigenvalue weighted by Gasteiger charge is -2.31. The van der Waals surface area contributed by atoms with E-state index < -0.39 is 28.5 Å². The number of ether oxygens (including phenoxy) is 1. The van der Waals surface area contributed by atoms with Gasteiger partial charge in [-0.25, -0.2) is 8.42 Å².